The Balaban J connectivity index is 3.51. The third-order valence-electron chi connectivity index (χ3n) is 1.96. The molecular formula is C9H7F2NO4. The van der Waals surface area contributed by atoms with Gasteiger partial charge in [0, 0.05) is 11.6 Å². The number of hydrogen-bond acceptors (Lipinski definition) is 4. The number of ketones is 1. The first-order valence-corrected chi connectivity index (χ1v) is 4.15. The van der Waals surface area contributed by atoms with E-state index in [0.29, 0.717) is 0 Å². The second-order valence-electron chi connectivity index (χ2n) is 3.05. The molecule has 0 aliphatic heterocycles. The number of carbonyl (C=O) groups excluding carboxylic acids is 1. The molecule has 1 aromatic rings. The first-order valence-electron chi connectivity index (χ1n) is 4.15. The van der Waals surface area contributed by atoms with Crippen LogP contribution in [-0.2, 0) is 0 Å². The highest BCUT2D eigenvalue weighted by atomic mass is 19.3. The SMILES string of the molecule is CC(=O)c1cc(C(F)F)c(O)c([N+](=O)[O-])c1. The number of phenolic OH excluding ortho intramolecular Hbond substituents is 1. The first kappa shape index (κ1) is 12.0. The van der Waals surface area contributed by atoms with Crippen molar-refractivity contribution in [2.45, 2.75) is 13.3 Å². The minimum Gasteiger partial charge on any atom is -0.502 e. The maximum absolute atomic E-state index is 12.4. The zero-order valence-corrected chi connectivity index (χ0v) is 8.11. The van der Waals surface area contributed by atoms with E-state index in [0.717, 1.165) is 19.1 Å². The molecule has 86 valence electrons. The largest absolute Gasteiger partial charge is 0.502 e. The van der Waals surface area contributed by atoms with E-state index in [2.05, 4.69) is 0 Å². The van der Waals surface area contributed by atoms with Crippen LogP contribution in [0.4, 0.5) is 14.5 Å². The Hall–Kier alpha value is -2.05. The molecule has 0 saturated carbocycles. The lowest BCUT2D eigenvalue weighted by Crippen LogP contribution is -1.99. The molecule has 0 amide bonds. The number of rotatable bonds is 3. The Morgan fingerprint density at radius 3 is 2.44 bits per heavy atom. The Bertz CT molecular complexity index is 459. The van der Waals surface area contributed by atoms with E-state index in [4.69, 9.17) is 0 Å². The Kier molecular flexibility index (Phi) is 3.17. The number of carbonyl (C=O) groups is 1. The quantitative estimate of drug-likeness (QED) is 0.492. The normalized spacial score (nSPS) is 10.5. The fraction of sp³-hybridized carbons (Fsp3) is 0.222. The van der Waals surface area contributed by atoms with Crippen LogP contribution >= 0.6 is 0 Å². The summed E-state index contributed by atoms with van der Waals surface area (Å²) in [4.78, 5) is 20.4. The van der Waals surface area contributed by atoms with Gasteiger partial charge in [-0.05, 0) is 13.0 Å². The van der Waals surface area contributed by atoms with Gasteiger partial charge < -0.3 is 5.11 Å². The second kappa shape index (κ2) is 4.21. The van der Waals surface area contributed by atoms with Crippen LogP contribution in [0.15, 0.2) is 12.1 Å². The number of nitrogens with zero attached hydrogens (tertiary/aromatic N) is 1. The van der Waals surface area contributed by atoms with Crippen LogP contribution in [0.1, 0.15) is 29.3 Å². The highest BCUT2D eigenvalue weighted by molar-refractivity contribution is 5.95. The van der Waals surface area contributed by atoms with Crippen LogP contribution in [0.25, 0.3) is 0 Å². The maximum Gasteiger partial charge on any atom is 0.311 e. The van der Waals surface area contributed by atoms with Crippen molar-refractivity contribution in [2.24, 2.45) is 0 Å². The zero-order chi connectivity index (χ0) is 12.5. The standard InChI is InChI=1S/C9H7F2NO4/c1-4(13)5-2-6(9(10)11)8(14)7(3-5)12(15)16/h2-3,9,14H,1H3. The molecule has 1 aromatic carbocycles. The maximum atomic E-state index is 12.4. The number of hydrogen-bond donors (Lipinski definition) is 1. The number of benzene rings is 1. The van der Waals surface area contributed by atoms with Crippen LogP contribution < -0.4 is 0 Å². The Labute approximate surface area is 88.5 Å². The predicted molar refractivity (Wildman–Crippen MR) is 49.7 cm³/mol. The van der Waals surface area contributed by atoms with Crippen LogP contribution in [0.3, 0.4) is 0 Å². The van der Waals surface area contributed by atoms with Gasteiger partial charge in [-0.1, -0.05) is 0 Å². The number of Topliss-reactive ketones (excluding diaryl/α,β-unsaturated/α-hetero) is 1. The fourth-order valence-electron chi connectivity index (χ4n) is 1.15. The van der Waals surface area contributed by atoms with Crippen LogP contribution in [0, 0.1) is 10.1 Å². The van der Waals surface area contributed by atoms with Gasteiger partial charge in [-0.3, -0.25) is 14.9 Å². The van der Waals surface area contributed by atoms with Crippen LogP contribution in [0.5, 0.6) is 5.75 Å². The first-order chi connectivity index (χ1) is 7.34. The molecule has 1 rings (SSSR count). The molecule has 5 nitrogen and oxygen atoms in total. The van der Waals surface area contributed by atoms with E-state index in [-0.39, 0.29) is 5.56 Å². The second-order valence-corrected chi connectivity index (χ2v) is 3.05. The molecule has 0 bridgehead atoms. The lowest BCUT2D eigenvalue weighted by atomic mass is 10.1. The molecule has 0 radical (unpaired) electrons. The average Bonchev–Trinajstić information content (AvgIpc) is 2.16. The molecule has 0 fully saturated rings. The summed E-state index contributed by atoms with van der Waals surface area (Å²) in [5, 5.41) is 19.7. The van der Waals surface area contributed by atoms with E-state index in [1.165, 1.54) is 0 Å². The third kappa shape index (κ3) is 2.13. The van der Waals surface area contributed by atoms with Crippen molar-refractivity contribution in [3.05, 3.63) is 33.4 Å². The number of phenols is 1. The summed E-state index contributed by atoms with van der Waals surface area (Å²) < 4.78 is 24.8. The average molecular weight is 231 g/mol. The van der Waals surface area contributed by atoms with Crippen molar-refractivity contribution in [1.29, 1.82) is 0 Å². The van der Waals surface area contributed by atoms with Crippen molar-refractivity contribution >= 4 is 11.5 Å². The smallest absolute Gasteiger partial charge is 0.311 e. The van der Waals surface area contributed by atoms with E-state index in [1.807, 2.05) is 0 Å². The number of alkyl halides is 2. The van der Waals surface area contributed by atoms with Crippen molar-refractivity contribution in [2.75, 3.05) is 0 Å². The molecule has 0 heterocycles. The Morgan fingerprint density at radius 1 is 1.50 bits per heavy atom. The third-order valence-corrected chi connectivity index (χ3v) is 1.96. The Morgan fingerprint density at radius 2 is 2.06 bits per heavy atom. The predicted octanol–water partition coefficient (Wildman–Crippen LogP) is 2.44. The van der Waals surface area contributed by atoms with E-state index >= 15 is 0 Å². The van der Waals surface area contributed by atoms with Gasteiger partial charge in [0.05, 0.1) is 10.5 Å². The summed E-state index contributed by atoms with van der Waals surface area (Å²) >= 11 is 0. The van der Waals surface area contributed by atoms with Crippen LogP contribution in [-0.4, -0.2) is 15.8 Å². The number of nitro benzene ring substituents is 1. The van der Waals surface area contributed by atoms with Gasteiger partial charge in [-0.2, -0.15) is 0 Å². The summed E-state index contributed by atoms with van der Waals surface area (Å²) in [6, 6.07) is 1.51. The molecule has 0 aromatic heterocycles. The molecule has 1 N–H and O–H groups in total. The minimum absolute atomic E-state index is 0.236. The molecule has 0 spiro atoms. The summed E-state index contributed by atoms with van der Waals surface area (Å²) in [5.41, 5.74) is -2.05. The molecule has 16 heavy (non-hydrogen) atoms. The van der Waals surface area contributed by atoms with Crippen molar-refractivity contribution in [3.8, 4) is 5.75 Å². The van der Waals surface area contributed by atoms with Gasteiger partial charge in [0.1, 0.15) is 0 Å². The van der Waals surface area contributed by atoms with Crippen molar-refractivity contribution in [1.82, 2.24) is 0 Å². The van der Waals surface area contributed by atoms with Gasteiger partial charge in [0.15, 0.2) is 5.78 Å². The highest BCUT2D eigenvalue weighted by Crippen LogP contribution is 2.37. The molecule has 0 aliphatic rings. The van der Waals surface area contributed by atoms with Gasteiger partial charge in [-0.15, -0.1) is 0 Å². The number of aromatic hydroxyl groups is 1. The van der Waals surface area contributed by atoms with Crippen LogP contribution in [0.2, 0.25) is 0 Å². The van der Waals surface area contributed by atoms with Crippen molar-refractivity contribution in [3.63, 3.8) is 0 Å². The summed E-state index contributed by atoms with van der Waals surface area (Å²) in [6.07, 6.45) is -3.09. The summed E-state index contributed by atoms with van der Waals surface area (Å²) in [5.74, 6) is -1.70. The van der Waals surface area contributed by atoms with E-state index < -0.39 is 34.1 Å². The van der Waals surface area contributed by atoms with E-state index in [9.17, 15) is 28.8 Å². The monoisotopic (exact) mass is 231 g/mol. The number of halogens is 2. The number of nitro groups is 1. The molecule has 0 atom stereocenters. The molecular weight excluding hydrogens is 224 g/mol. The molecule has 7 heteroatoms. The van der Waals surface area contributed by atoms with Gasteiger partial charge >= 0.3 is 5.69 Å². The lowest BCUT2D eigenvalue weighted by molar-refractivity contribution is -0.386. The molecule has 0 unspecified atom stereocenters. The van der Waals surface area contributed by atoms with Gasteiger partial charge in [0.25, 0.3) is 6.43 Å². The minimum atomic E-state index is -3.09. The summed E-state index contributed by atoms with van der Waals surface area (Å²) in [7, 11) is 0. The lowest BCUT2D eigenvalue weighted by Gasteiger charge is -2.05. The topological polar surface area (TPSA) is 80.4 Å². The zero-order valence-electron chi connectivity index (χ0n) is 8.11. The van der Waals surface area contributed by atoms with Gasteiger partial charge in [-0.25, -0.2) is 8.78 Å². The molecule has 0 saturated heterocycles. The summed E-state index contributed by atoms with van der Waals surface area (Å²) in [6.45, 7) is 1.09. The van der Waals surface area contributed by atoms with Gasteiger partial charge in [0.2, 0.25) is 5.75 Å². The van der Waals surface area contributed by atoms with E-state index in [1.54, 1.807) is 0 Å². The van der Waals surface area contributed by atoms with Crippen molar-refractivity contribution < 1.29 is 23.6 Å². The fourth-order valence-corrected chi connectivity index (χ4v) is 1.15. The molecule has 0 aliphatic carbocycles. The highest BCUT2D eigenvalue weighted by Gasteiger charge is 2.24.